The molecule has 0 spiro atoms. The molecule has 1 aromatic carbocycles. The van der Waals surface area contributed by atoms with E-state index in [1.54, 1.807) is 13.8 Å². The van der Waals surface area contributed by atoms with E-state index in [0.29, 0.717) is 0 Å². The van der Waals surface area contributed by atoms with Gasteiger partial charge in [-0.2, -0.15) is 0 Å². The highest BCUT2D eigenvalue weighted by atomic mass is 19.1. The molecule has 0 aliphatic rings. The van der Waals surface area contributed by atoms with Crippen molar-refractivity contribution < 1.29 is 19.1 Å². The summed E-state index contributed by atoms with van der Waals surface area (Å²) < 4.78 is 13.7. The van der Waals surface area contributed by atoms with Gasteiger partial charge in [0.05, 0.1) is 11.3 Å². The van der Waals surface area contributed by atoms with Crippen molar-refractivity contribution in [3.63, 3.8) is 0 Å². The Bertz CT molecular complexity index is 517. The molecule has 7 heteroatoms. The molecule has 1 rings (SSSR count). The smallest absolute Gasteiger partial charge is 0.337 e. The summed E-state index contributed by atoms with van der Waals surface area (Å²) in [5.74, 6) is -2.85. The number of nitrogen functional groups attached to an aromatic ring is 1. The number of amides is 1. The molecule has 6 N–H and O–H groups in total. The Balaban J connectivity index is 3.16. The van der Waals surface area contributed by atoms with Gasteiger partial charge in [-0.1, -0.05) is 13.8 Å². The van der Waals surface area contributed by atoms with Crippen LogP contribution in [0.15, 0.2) is 12.1 Å². The largest absolute Gasteiger partial charge is 0.478 e. The number of carbonyl (C=O) groups is 2. The maximum Gasteiger partial charge on any atom is 0.337 e. The third-order valence-corrected chi connectivity index (χ3v) is 2.65. The highest BCUT2D eigenvalue weighted by Crippen LogP contribution is 2.24. The number of nitrogens with two attached hydrogens (primary N) is 2. The quantitative estimate of drug-likeness (QED) is 0.595. The molecule has 0 aliphatic heterocycles. The topological polar surface area (TPSA) is 118 Å². The van der Waals surface area contributed by atoms with Crippen LogP contribution < -0.4 is 16.8 Å². The summed E-state index contributed by atoms with van der Waals surface area (Å²) in [6, 6.07) is 1.13. The van der Waals surface area contributed by atoms with Crippen LogP contribution in [0.1, 0.15) is 24.2 Å². The van der Waals surface area contributed by atoms with Crippen molar-refractivity contribution in [1.29, 1.82) is 0 Å². The second-order valence-electron chi connectivity index (χ2n) is 4.49. The molecule has 6 nitrogen and oxygen atoms in total. The van der Waals surface area contributed by atoms with E-state index in [2.05, 4.69) is 5.32 Å². The Kier molecular flexibility index (Phi) is 4.31. The maximum absolute atomic E-state index is 13.7. The van der Waals surface area contributed by atoms with Crippen LogP contribution in [0.25, 0.3) is 0 Å². The van der Waals surface area contributed by atoms with Gasteiger partial charge in [-0.05, 0) is 18.1 Å². The number of carbonyl (C=O) groups excluding carboxylic acids is 1. The molecular weight excluding hydrogens is 253 g/mol. The molecule has 0 saturated carbocycles. The van der Waals surface area contributed by atoms with Gasteiger partial charge in [-0.15, -0.1) is 0 Å². The minimum absolute atomic E-state index is 0.121. The van der Waals surface area contributed by atoms with Crippen molar-refractivity contribution in [2.45, 2.75) is 19.9 Å². The molecule has 0 radical (unpaired) electrons. The molecule has 1 aromatic rings. The molecule has 1 amide bonds. The Morgan fingerprint density at radius 3 is 2.37 bits per heavy atom. The summed E-state index contributed by atoms with van der Waals surface area (Å²) in [5, 5.41) is 11.5. The first-order chi connectivity index (χ1) is 8.73. The normalized spacial score (nSPS) is 12.2. The van der Waals surface area contributed by atoms with Gasteiger partial charge in [0.1, 0.15) is 11.9 Å². The number of primary amides is 1. The van der Waals surface area contributed by atoms with Crippen LogP contribution in [-0.4, -0.2) is 23.0 Å². The lowest BCUT2D eigenvalue weighted by atomic mass is 10.0. The summed E-state index contributed by atoms with van der Waals surface area (Å²) >= 11 is 0. The average molecular weight is 269 g/mol. The first-order valence-electron chi connectivity index (χ1n) is 5.62. The van der Waals surface area contributed by atoms with Gasteiger partial charge in [0.15, 0.2) is 0 Å². The van der Waals surface area contributed by atoms with Crippen molar-refractivity contribution in [1.82, 2.24) is 0 Å². The van der Waals surface area contributed by atoms with Gasteiger partial charge in [-0.25, -0.2) is 9.18 Å². The van der Waals surface area contributed by atoms with Crippen LogP contribution in [0.3, 0.4) is 0 Å². The molecular formula is C12H16FN3O3. The van der Waals surface area contributed by atoms with Crippen LogP contribution in [0.5, 0.6) is 0 Å². The number of halogens is 1. The molecule has 1 atom stereocenters. The van der Waals surface area contributed by atoms with Gasteiger partial charge in [-0.3, -0.25) is 4.79 Å². The zero-order valence-electron chi connectivity index (χ0n) is 10.6. The van der Waals surface area contributed by atoms with Gasteiger partial charge in [0.2, 0.25) is 5.91 Å². The van der Waals surface area contributed by atoms with E-state index >= 15 is 0 Å². The third-order valence-electron chi connectivity index (χ3n) is 2.65. The Hall–Kier alpha value is -2.31. The van der Waals surface area contributed by atoms with Crippen molar-refractivity contribution in [2.24, 2.45) is 11.7 Å². The first-order valence-corrected chi connectivity index (χ1v) is 5.62. The number of anilines is 2. The van der Waals surface area contributed by atoms with Crippen molar-refractivity contribution >= 4 is 23.3 Å². The molecule has 0 fully saturated rings. The van der Waals surface area contributed by atoms with E-state index in [0.717, 1.165) is 12.1 Å². The summed E-state index contributed by atoms with van der Waals surface area (Å²) in [7, 11) is 0. The van der Waals surface area contributed by atoms with Crippen molar-refractivity contribution in [3.8, 4) is 0 Å². The Morgan fingerprint density at radius 2 is 1.95 bits per heavy atom. The molecule has 104 valence electrons. The summed E-state index contributed by atoms with van der Waals surface area (Å²) in [4.78, 5) is 22.2. The fraction of sp³-hybridized carbons (Fsp3) is 0.333. The number of carboxylic acid groups (broad SMARTS) is 1. The van der Waals surface area contributed by atoms with E-state index in [-0.39, 0.29) is 22.9 Å². The van der Waals surface area contributed by atoms with Gasteiger partial charge in [0.25, 0.3) is 0 Å². The second kappa shape index (κ2) is 5.55. The fourth-order valence-corrected chi connectivity index (χ4v) is 1.62. The summed E-state index contributed by atoms with van der Waals surface area (Å²) in [6.07, 6.45) is 0. The number of aromatic carboxylic acids is 1. The number of rotatable bonds is 5. The van der Waals surface area contributed by atoms with Gasteiger partial charge >= 0.3 is 5.97 Å². The lowest BCUT2D eigenvalue weighted by Gasteiger charge is -2.21. The number of benzene rings is 1. The number of hydrogen-bond acceptors (Lipinski definition) is 4. The molecule has 0 aromatic heterocycles. The lowest BCUT2D eigenvalue weighted by molar-refractivity contribution is -0.119. The Morgan fingerprint density at radius 1 is 1.37 bits per heavy atom. The molecule has 0 aliphatic carbocycles. The first kappa shape index (κ1) is 14.7. The predicted octanol–water partition coefficient (Wildman–Crippen LogP) is 1.03. The van der Waals surface area contributed by atoms with E-state index in [9.17, 15) is 14.0 Å². The average Bonchev–Trinajstić information content (AvgIpc) is 2.26. The van der Waals surface area contributed by atoms with E-state index in [1.165, 1.54) is 0 Å². The van der Waals surface area contributed by atoms with Crippen molar-refractivity contribution in [2.75, 3.05) is 11.1 Å². The zero-order valence-corrected chi connectivity index (χ0v) is 10.6. The minimum Gasteiger partial charge on any atom is -0.478 e. The molecule has 0 heterocycles. The van der Waals surface area contributed by atoms with Gasteiger partial charge < -0.3 is 21.9 Å². The summed E-state index contributed by atoms with van der Waals surface area (Å²) in [5.41, 5.74) is 10.1. The summed E-state index contributed by atoms with van der Waals surface area (Å²) in [6.45, 7) is 3.46. The van der Waals surface area contributed by atoms with Crippen LogP contribution in [0.4, 0.5) is 15.8 Å². The standard InChI is InChI=1S/C12H16FN3O3/c1-5(2)10(11(15)17)16-9-3-6(12(18)19)8(14)4-7(9)13/h3-5,10,16H,14H2,1-2H3,(H2,15,17)(H,18,19). The Labute approximate surface area is 109 Å². The van der Waals surface area contributed by atoms with E-state index in [4.69, 9.17) is 16.6 Å². The van der Waals surface area contributed by atoms with Gasteiger partial charge in [0, 0.05) is 5.69 Å². The lowest BCUT2D eigenvalue weighted by Crippen LogP contribution is -2.39. The zero-order chi connectivity index (χ0) is 14.7. The van der Waals surface area contributed by atoms with Crippen molar-refractivity contribution in [3.05, 3.63) is 23.5 Å². The highest BCUT2D eigenvalue weighted by molar-refractivity contribution is 5.95. The number of nitrogens with one attached hydrogen (secondary N) is 1. The number of carboxylic acids is 1. The second-order valence-corrected chi connectivity index (χ2v) is 4.49. The fourth-order valence-electron chi connectivity index (χ4n) is 1.62. The van der Waals surface area contributed by atoms with Crippen LogP contribution in [0, 0.1) is 11.7 Å². The predicted molar refractivity (Wildman–Crippen MR) is 69.2 cm³/mol. The number of hydrogen-bond donors (Lipinski definition) is 4. The van der Waals surface area contributed by atoms with Crippen LogP contribution >= 0.6 is 0 Å². The highest BCUT2D eigenvalue weighted by Gasteiger charge is 2.22. The third kappa shape index (κ3) is 3.34. The van der Waals surface area contributed by atoms with Crippen LogP contribution in [-0.2, 0) is 4.79 Å². The minimum atomic E-state index is -1.28. The van der Waals surface area contributed by atoms with E-state index in [1.807, 2.05) is 0 Å². The molecule has 19 heavy (non-hydrogen) atoms. The monoisotopic (exact) mass is 269 g/mol. The maximum atomic E-state index is 13.7. The van der Waals surface area contributed by atoms with Crippen LogP contribution in [0.2, 0.25) is 0 Å². The molecule has 0 saturated heterocycles. The molecule has 0 bridgehead atoms. The molecule has 1 unspecified atom stereocenters. The van der Waals surface area contributed by atoms with E-state index < -0.39 is 23.7 Å². The SMILES string of the molecule is CC(C)C(Nc1cc(C(=O)O)c(N)cc1F)C(N)=O.